The van der Waals surface area contributed by atoms with Crippen molar-refractivity contribution in [3.63, 3.8) is 0 Å². The van der Waals surface area contributed by atoms with Crippen molar-refractivity contribution in [2.45, 2.75) is 50.3 Å². The average molecular weight is 425 g/mol. The summed E-state index contributed by atoms with van der Waals surface area (Å²) < 4.78 is 8.39. The molecule has 0 aromatic carbocycles. The van der Waals surface area contributed by atoms with Crippen molar-refractivity contribution in [1.82, 2.24) is 23.7 Å². The van der Waals surface area contributed by atoms with Crippen LogP contribution in [-0.2, 0) is 11.3 Å². The van der Waals surface area contributed by atoms with Gasteiger partial charge in [0.05, 0.1) is 6.61 Å². The third-order valence-electron chi connectivity index (χ3n) is 5.90. The van der Waals surface area contributed by atoms with Gasteiger partial charge < -0.3 is 36.5 Å². The van der Waals surface area contributed by atoms with Crippen molar-refractivity contribution in [2.75, 3.05) is 37.8 Å². The van der Waals surface area contributed by atoms with E-state index >= 15 is 0 Å². The Morgan fingerprint density at radius 2 is 1.80 bits per heavy atom. The van der Waals surface area contributed by atoms with Crippen molar-refractivity contribution in [2.24, 2.45) is 0 Å². The lowest BCUT2D eigenvalue weighted by molar-refractivity contribution is -0.0528. The molecule has 2 fully saturated rings. The van der Waals surface area contributed by atoms with Gasteiger partial charge in [0, 0.05) is 13.1 Å². The highest BCUT2D eigenvalue weighted by molar-refractivity contribution is 5.72. The van der Waals surface area contributed by atoms with Crippen molar-refractivity contribution < 1.29 is 20.1 Å². The van der Waals surface area contributed by atoms with Crippen molar-refractivity contribution in [3.05, 3.63) is 20.8 Å². The molecule has 2 aliphatic rings. The Labute approximate surface area is 170 Å². The summed E-state index contributed by atoms with van der Waals surface area (Å²) in [6, 6.07) is 0. The van der Waals surface area contributed by atoms with E-state index in [2.05, 4.69) is 9.88 Å². The molecule has 4 heterocycles. The van der Waals surface area contributed by atoms with Gasteiger partial charge in [-0.25, -0.2) is 9.36 Å². The fourth-order valence-corrected chi connectivity index (χ4v) is 4.20. The number of nitrogen functional groups attached to an aromatic ring is 2. The summed E-state index contributed by atoms with van der Waals surface area (Å²) >= 11 is 0. The number of imidazole rings is 1. The predicted octanol–water partition coefficient (Wildman–Crippen LogP) is -3.25. The first kappa shape index (κ1) is 20.8. The third kappa shape index (κ3) is 3.28. The number of nitrogens with zero attached hydrogens (tertiary/aromatic N) is 5. The summed E-state index contributed by atoms with van der Waals surface area (Å²) in [5.74, 6) is 5.37. The van der Waals surface area contributed by atoms with Crippen LogP contribution in [0, 0.1) is 0 Å². The summed E-state index contributed by atoms with van der Waals surface area (Å²) in [6.07, 6.45) is -2.03. The molecule has 166 valence electrons. The molecule has 0 radical (unpaired) electrons. The lowest BCUT2D eigenvalue weighted by Crippen LogP contribution is -2.38. The molecular formula is C17H27N7O6. The first-order chi connectivity index (χ1) is 14.3. The molecule has 0 spiro atoms. The first-order valence-electron chi connectivity index (χ1n) is 9.98. The van der Waals surface area contributed by atoms with E-state index in [0.29, 0.717) is 11.2 Å². The molecule has 2 saturated heterocycles. The van der Waals surface area contributed by atoms with Crippen LogP contribution in [0.25, 0.3) is 11.2 Å². The number of aromatic nitrogens is 4. The van der Waals surface area contributed by atoms with Crippen molar-refractivity contribution in [3.8, 4) is 0 Å². The Morgan fingerprint density at radius 1 is 1.10 bits per heavy atom. The van der Waals surface area contributed by atoms with Crippen molar-refractivity contribution in [1.29, 1.82) is 0 Å². The average Bonchev–Trinajstić information content (AvgIpc) is 3.18. The lowest BCUT2D eigenvalue weighted by Gasteiger charge is -2.26. The van der Waals surface area contributed by atoms with Gasteiger partial charge in [-0.3, -0.25) is 9.36 Å². The Balaban J connectivity index is 1.81. The molecule has 0 unspecified atom stereocenters. The molecule has 13 heteroatoms. The molecule has 2 aliphatic heterocycles. The highest BCUT2D eigenvalue weighted by Crippen LogP contribution is 2.30. The predicted molar refractivity (Wildman–Crippen MR) is 106 cm³/mol. The van der Waals surface area contributed by atoms with Gasteiger partial charge in [0.2, 0.25) is 5.95 Å². The number of hydrogen-bond donors (Lipinski definition) is 5. The highest BCUT2D eigenvalue weighted by Gasteiger charge is 2.45. The van der Waals surface area contributed by atoms with E-state index in [9.17, 15) is 24.9 Å². The van der Waals surface area contributed by atoms with E-state index in [-0.39, 0.29) is 23.7 Å². The minimum atomic E-state index is -1.51. The molecule has 0 saturated carbocycles. The molecule has 7 N–H and O–H groups in total. The van der Waals surface area contributed by atoms with Crippen LogP contribution in [0.5, 0.6) is 0 Å². The number of piperidine rings is 1. The number of hydrogen-bond acceptors (Lipinski definition) is 10. The zero-order valence-electron chi connectivity index (χ0n) is 16.4. The first-order valence-corrected chi connectivity index (χ1v) is 9.98. The van der Waals surface area contributed by atoms with E-state index in [1.807, 2.05) is 0 Å². The van der Waals surface area contributed by atoms with E-state index in [1.54, 1.807) is 0 Å². The van der Waals surface area contributed by atoms with Crippen LogP contribution in [-0.4, -0.2) is 83.6 Å². The SMILES string of the molecule is Nc1nc2c(c(=O)n1N)n(CCN1CCCCC1)c(=O)n2[C@@H]1O[C@H](CO)[C@@H](O)[C@H]1O. The smallest absolute Gasteiger partial charge is 0.332 e. The summed E-state index contributed by atoms with van der Waals surface area (Å²) in [5, 5.41) is 29.9. The van der Waals surface area contributed by atoms with Crippen LogP contribution in [0.15, 0.2) is 9.59 Å². The zero-order valence-corrected chi connectivity index (χ0v) is 16.4. The van der Waals surface area contributed by atoms with Crippen LogP contribution < -0.4 is 22.8 Å². The van der Waals surface area contributed by atoms with E-state index in [4.69, 9.17) is 16.3 Å². The Morgan fingerprint density at radius 3 is 2.43 bits per heavy atom. The quantitative estimate of drug-likeness (QED) is 0.305. The minimum absolute atomic E-state index is 0.0635. The molecule has 0 aliphatic carbocycles. The van der Waals surface area contributed by atoms with Gasteiger partial charge in [-0.2, -0.15) is 9.66 Å². The minimum Gasteiger partial charge on any atom is -0.394 e. The summed E-state index contributed by atoms with van der Waals surface area (Å²) in [7, 11) is 0. The molecular weight excluding hydrogens is 398 g/mol. The number of rotatable bonds is 5. The second-order valence-electron chi connectivity index (χ2n) is 7.75. The van der Waals surface area contributed by atoms with Gasteiger partial charge in [-0.1, -0.05) is 6.42 Å². The van der Waals surface area contributed by atoms with Gasteiger partial charge in [0.15, 0.2) is 17.4 Å². The molecule has 4 atom stereocenters. The molecule has 13 nitrogen and oxygen atoms in total. The second-order valence-corrected chi connectivity index (χ2v) is 7.75. The number of anilines is 1. The maximum Gasteiger partial charge on any atom is 0.332 e. The van der Waals surface area contributed by atoms with Gasteiger partial charge in [-0.15, -0.1) is 0 Å². The summed E-state index contributed by atoms with van der Waals surface area (Å²) in [4.78, 5) is 32.4. The van der Waals surface area contributed by atoms with Crippen LogP contribution in [0.2, 0.25) is 0 Å². The highest BCUT2D eigenvalue weighted by atomic mass is 16.6. The molecule has 2 aromatic heterocycles. The lowest BCUT2D eigenvalue weighted by atomic mass is 10.1. The summed E-state index contributed by atoms with van der Waals surface area (Å²) in [5.41, 5.74) is 4.20. The number of aliphatic hydroxyl groups excluding tert-OH is 3. The van der Waals surface area contributed by atoms with Crippen molar-refractivity contribution >= 4 is 17.1 Å². The van der Waals surface area contributed by atoms with Crippen LogP contribution in [0.4, 0.5) is 5.95 Å². The number of aliphatic hydroxyl groups is 3. The molecule has 0 amide bonds. The topological polar surface area (TPSA) is 187 Å². The zero-order chi connectivity index (χ0) is 21.6. The fraction of sp³-hybridized carbons (Fsp3) is 0.706. The number of fused-ring (bicyclic) bond motifs is 1. The second kappa shape index (κ2) is 8.00. The molecule has 0 bridgehead atoms. The van der Waals surface area contributed by atoms with Crippen LogP contribution >= 0.6 is 0 Å². The molecule has 30 heavy (non-hydrogen) atoms. The van der Waals surface area contributed by atoms with Crippen LogP contribution in [0.1, 0.15) is 25.5 Å². The molecule has 4 rings (SSSR count). The number of likely N-dealkylation sites (tertiary alicyclic amines) is 1. The largest absolute Gasteiger partial charge is 0.394 e. The maximum absolute atomic E-state index is 13.3. The number of nitrogens with two attached hydrogens (primary N) is 2. The fourth-order valence-electron chi connectivity index (χ4n) is 4.20. The summed E-state index contributed by atoms with van der Waals surface area (Å²) in [6.45, 7) is 2.02. The van der Waals surface area contributed by atoms with Crippen LogP contribution in [0.3, 0.4) is 0 Å². The van der Waals surface area contributed by atoms with Gasteiger partial charge >= 0.3 is 5.69 Å². The normalized spacial score (nSPS) is 27.8. The Hall–Kier alpha value is -2.45. The maximum atomic E-state index is 13.3. The van der Waals surface area contributed by atoms with Gasteiger partial charge in [0.1, 0.15) is 18.3 Å². The molecule has 2 aromatic rings. The standard InChI is InChI=1S/C17H27N7O6/c18-16-20-13-10(14(28)24(16)19)22(7-6-21-4-2-1-3-5-21)17(29)23(13)15-12(27)11(26)9(8-25)30-15/h9,11-12,15,25-27H,1-8,19H2,(H2,18,20)/t9-,11-,12-,15-/m1/s1. The Bertz CT molecular complexity index is 1040. The van der Waals surface area contributed by atoms with Gasteiger partial charge in [0.25, 0.3) is 5.56 Å². The van der Waals surface area contributed by atoms with Gasteiger partial charge in [-0.05, 0) is 25.9 Å². The van der Waals surface area contributed by atoms with E-state index < -0.39 is 42.4 Å². The third-order valence-corrected chi connectivity index (χ3v) is 5.90. The Kier molecular flexibility index (Phi) is 5.55. The number of ether oxygens (including phenoxy) is 1. The van der Waals surface area contributed by atoms with E-state index in [1.165, 1.54) is 11.0 Å². The monoisotopic (exact) mass is 425 g/mol. The van der Waals surface area contributed by atoms with E-state index in [0.717, 1.165) is 30.5 Å².